The van der Waals surface area contributed by atoms with Gasteiger partial charge in [0.15, 0.2) is 0 Å². The van der Waals surface area contributed by atoms with Gasteiger partial charge in [0.1, 0.15) is 5.82 Å². The van der Waals surface area contributed by atoms with Crippen LogP contribution in [0.3, 0.4) is 0 Å². The molecule has 1 fully saturated rings. The Morgan fingerprint density at radius 3 is 2.85 bits per heavy atom. The molecule has 20 heavy (non-hydrogen) atoms. The van der Waals surface area contributed by atoms with Crippen molar-refractivity contribution in [2.45, 2.75) is 45.1 Å². The number of nitro groups is 1. The van der Waals surface area contributed by atoms with Gasteiger partial charge in [-0.05, 0) is 49.7 Å². The zero-order valence-electron chi connectivity index (χ0n) is 11.7. The van der Waals surface area contributed by atoms with Crippen molar-refractivity contribution in [3.63, 3.8) is 0 Å². The number of nitrogens with zero attached hydrogens (tertiary/aromatic N) is 1. The van der Waals surface area contributed by atoms with E-state index in [0.717, 1.165) is 31.7 Å². The van der Waals surface area contributed by atoms with Crippen LogP contribution in [0.2, 0.25) is 0 Å². The third-order valence-electron chi connectivity index (χ3n) is 4.45. The Morgan fingerprint density at radius 1 is 1.45 bits per heavy atom. The Kier molecular flexibility index (Phi) is 4.70. The summed E-state index contributed by atoms with van der Waals surface area (Å²) in [6, 6.07) is 3.72. The monoisotopic (exact) mass is 280 g/mol. The average Bonchev–Trinajstić information content (AvgIpc) is 2.41. The fraction of sp³-hybridized carbons (Fsp3) is 0.600. The molecule has 3 atom stereocenters. The molecule has 5 heteroatoms. The summed E-state index contributed by atoms with van der Waals surface area (Å²) in [5, 5.41) is 11.0. The zero-order chi connectivity index (χ0) is 14.7. The lowest BCUT2D eigenvalue weighted by Gasteiger charge is -2.33. The molecule has 4 nitrogen and oxygen atoms in total. The van der Waals surface area contributed by atoms with Gasteiger partial charge in [0.05, 0.1) is 4.92 Å². The standard InChI is InChI=1S/C15H21FN2O2/c1-2-10-3-5-14(17)11(7-10)8-12-9-13(16)4-6-15(12)18(19)20/h4,6,9-11,14H,2-3,5,7-8,17H2,1H3. The molecular formula is C15H21FN2O2. The SMILES string of the molecule is CCC1CCC(N)C(Cc2cc(F)ccc2[N+](=O)[O-])C1. The Bertz CT molecular complexity index is 493. The fourth-order valence-electron chi connectivity index (χ4n) is 3.17. The molecular weight excluding hydrogens is 259 g/mol. The van der Waals surface area contributed by atoms with Crippen LogP contribution >= 0.6 is 0 Å². The van der Waals surface area contributed by atoms with Crippen LogP contribution in [0.5, 0.6) is 0 Å². The van der Waals surface area contributed by atoms with Gasteiger partial charge in [0.2, 0.25) is 0 Å². The van der Waals surface area contributed by atoms with E-state index >= 15 is 0 Å². The minimum absolute atomic E-state index is 0.00257. The molecule has 0 heterocycles. The topological polar surface area (TPSA) is 69.2 Å². The summed E-state index contributed by atoms with van der Waals surface area (Å²) in [5.41, 5.74) is 6.61. The van der Waals surface area contributed by atoms with Crippen molar-refractivity contribution in [3.05, 3.63) is 39.7 Å². The van der Waals surface area contributed by atoms with Crippen molar-refractivity contribution in [1.82, 2.24) is 0 Å². The van der Waals surface area contributed by atoms with E-state index in [9.17, 15) is 14.5 Å². The summed E-state index contributed by atoms with van der Waals surface area (Å²) in [5.74, 6) is 0.406. The maximum Gasteiger partial charge on any atom is 0.272 e. The molecule has 0 aromatic heterocycles. The number of hydrogen-bond donors (Lipinski definition) is 1. The smallest absolute Gasteiger partial charge is 0.272 e. The summed E-state index contributed by atoms with van der Waals surface area (Å²) < 4.78 is 13.4. The maximum atomic E-state index is 13.4. The van der Waals surface area contributed by atoms with Crippen molar-refractivity contribution in [2.24, 2.45) is 17.6 Å². The van der Waals surface area contributed by atoms with Crippen LogP contribution in [0, 0.1) is 27.8 Å². The van der Waals surface area contributed by atoms with Crippen LogP contribution in [0.25, 0.3) is 0 Å². The summed E-state index contributed by atoms with van der Waals surface area (Å²) in [6.07, 6.45) is 4.65. The number of benzene rings is 1. The minimum atomic E-state index is -0.444. The lowest BCUT2D eigenvalue weighted by atomic mass is 9.75. The highest BCUT2D eigenvalue weighted by atomic mass is 19.1. The van der Waals surface area contributed by atoms with Crippen LogP contribution in [0.1, 0.15) is 38.2 Å². The Balaban J connectivity index is 2.19. The van der Waals surface area contributed by atoms with Gasteiger partial charge in [0, 0.05) is 17.7 Å². The van der Waals surface area contributed by atoms with Gasteiger partial charge < -0.3 is 5.73 Å². The van der Waals surface area contributed by atoms with Crippen LogP contribution in [0.4, 0.5) is 10.1 Å². The quantitative estimate of drug-likeness (QED) is 0.678. The average molecular weight is 280 g/mol. The Hall–Kier alpha value is -1.49. The molecule has 1 aliphatic rings. The first-order valence-electron chi connectivity index (χ1n) is 7.19. The molecule has 0 aliphatic heterocycles. The van der Waals surface area contributed by atoms with Crippen molar-refractivity contribution in [2.75, 3.05) is 0 Å². The maximum absolute atomic E-state index is 13.4. The van der Waals surface area contributed by atoms with Gasteiger partial charge in [-0.15, -0.1) is 0 Å². The van der Waals surface area contributed by atoms with Gasteiger partial charge in [-0.3, -0.25) is 10.1 Å². The van der Waals surface area contributed by atoms with Gasteiger partial charge in [-0.25, -0.2) is 4.39 Å². The molecule has 1 saturated carbocycles. The van der Waals surface area contributed by atoms with Crippen LogP contribution in [-0.4, -0.2) is 11.0 Å². The molecule has 0 spiro atoms. The summed E-state index contributed by atoms with van der Waals surface area (Å²) in [4.78, 5) is 10.6. The molecule has 0 bridgehead atoms. The van der Waals surface area contributed by atoms with E-state index in [1.165, 1.54) is 12.1 Å². The first-order chi connectivity index (χ1) is 9.51. The third kappa shape index (κ3) is 3.33. The van der Waals surface area contributed by atoms with Crippen molar-refractivity contribution < 1.29 is 9.31 Å². The van der Waals surface area contributed by atoms with Crippen molar-refractivity contribution in [1.29, 1.82) is 0 Å². The Morgan fingerprint density at radius 2 is 2.20 bits per heavy atom. The van der Waals surface area contributed by atoms with Gasteiger partial charge >= 0.3 is 0 Å². The summed E-state index contributed by atoms with van der Waals surface area (Å²) in [7, 11) is 0. The number of nitrogens with two attached hydrogens (primary N) is 1. The Labute approximate surface area is 118 Å². The molecule has 2 N–H and O–H groups in total. The van der Waals surface area contributed by atoms with Gasteiger partial charge in [0.25, 0.3) is 5.69 Å². The highest BCUT2D eigenvalue weighted by Gasteiger charge is 2.29. The summed E-state index contributed by atoms with van der Waals surface area (Å²) in [6.45, 7) is 2.16. The first-order valence-corrected chi connectivity index (χ1v) is 7.19. The highest BCUT2D eigenvalue weighted by Crippen LogP contribution is 2.34. The van der Waals surface area contributed by atoms with Crippen molar-refractivity contribution in [3.8, 4) is 0 Å². The predicted octanol–water partition coefficient (Wildman–Crippen LogP) is 3.43. The number of halogens is 1. The van der Waals surface area contributed by atoms with Crippen LogP contribution in [0.15, 0.2) is 18.2 Å². The molecule has 0 amide bonds. The van der Waals surface area contributed by atoms with E-state index in [1.54, 1.807) is 0 Å². The van der Waals surface area contributed by atoms with Crippen LogP contribution in [-0.2, 0) is 6.42 Å². The van der Waals surface area contributed by atoms with E-state index in [4.69, 9.17) is 5.73 Å². The summed E-state index contributed by atoms with van der Waals surface area (Å²) >= 11 is 0. The fourth-order valence-corrected chi connectivity index (χ4v) is 3.17. The molecule has 1 aliphatic carbocycles. The van der Waals surface area contributed by atoms with Gasteiger partial charge in [-0.2, -0.15) is 0 Å². The molecule has 3 unspecified atom stereocenters. The molecule has 0 radical (unpaired) electrons. The molecule has 1 aromatic rings. The second-order valence-corrected chi connectivity index (χ2v) is 5.75. The molecule has 0 saturated heterocycles. The lowest BCUT2D eigenvalue weighted by molar-refractivity contribution is -0.385. The van der Waals surface area contributed by atoms with E-state index in [2.05, 4.69) is 6.92 Å². The minimum Gasteiger partial charge on any atom is -0.327 e. The van der Waals surface area contributed by atoms with E-state index < -0.39 is 10.7 Å². The second-order valence-electron chi connectivity index (χ2n) is 5.75. The van der Waals surface area contributed by atoms with E-state index in [0.29, 0.717) is 17.9 Å². The second kappa shape index (κ2) is 6.31. The van der Waals surface area contributed by atoms with E-state index in [1.807, 2.05) is 0 Å². The zero-order valence-corrected chi connectivity index (χ0v) is 11.7. The largest absolute Gasteiger partial charge is 0.327 e. The van der Waals surface area contributed by atoms with Crippen molar-refractivity contribution >= 4 is 5.69 Å². The normalized spacial score (nSPS) is 26.4. The highest BCUT2D eigenvalue weighted by molar-refractivity contribution is 5.40. The van der Waals surface area contributed by atoms with Crippen LogP contribution < -0.4 is 5.73 Å². The lowest BCUT2D eigenvalue weighted by Crippen LogP contribution is -2.37. The first kappa shape index (κ1) is 14.9. The number of rotatable bonds is 4. The molecule has 2 rings (SSSR count). The molecule has 1 aromatic carbocycles. The van der Waals surface area contributed by atoms with E-state index in [-0.39, 0.29) is 17.6 Å². The molecule has 110 valence electrons. The number of hydrogen-bond acceptors (Lipinski definition) is 3. The third-order valence-corrected chi connectivity index (χ3v) is 4.45. The number of nitro benzene ring substituents is 1. The van der Waals surface area contributed by atoms with Gasteiger partial charge in [-0.1, -0.05) is 13.3 Å². The predicted molar refractivity (Wildman–Crippen MR) is 75.9 cm³/mol.